The van der Waals surface area contributed by atoms with Crippen molar-refractivity contribution in [2.75, 3.05) is 32.7 Å². The van der Waals surface area contributed by atoms with Crippen LogP contribution in [0.15, 0.2) is 12.4 Å². The van der Waals surface area contributed by atoms with Crippen LogP contribution in [0.2, 0.25) is 0 Å². The Bertz CT molecular complexity index is 303. The molecule has 0 aliphatic carbocycles. The minimum atomic E-state index is 0.136. The first-order valence-corrected chi connectivity index (χ1v) is 5.11. The van der Waals surface area contributed by atoms with Gasteiger partial charge in [-0.15, -0.1) is 0 Å². The summed E-state index contributed by atoms with van der Waals surface area (Å²) in [5, 5.41) is 3.20. The first-order valence-electron chi connectivity index (χ1n) is 5.11. The van der Waals surface area contributed by atoms with Crippen molar-refractivity contribution in [1.29, 1.82) is 0 Å². The van der Waals surface area contributed by atoms with Gasteiger partial charge in [0.1, 0.15) is 5.82 Å². The molecule has 0 saturated carbocycles. The maximum atomic E-state index is 5.51. The van der Waals surface area contributed by atoms with Gasteiger partial charge in [-0.1, -0.05) is 0 Å². The lowest BCUT2D eigenvalue weighted by atomic mass is 10.2. The molecule has 0 aromatic carbocycles. The van der Waals surface area contributed by atoms with Crippen LogP contribution in [0.1, 0.15) is 6.42 Å². The van der Waals surface area contributed by atoms with Gasteiger partial charge >= 0.3 is 0 Å². The molecule has 1 unspecified atom stereocenters. The van der Waals surface area contributed by atoms with E-state index in [4.69, 9.17) is 15.2 Å². The van der Waals surface area contributed by atoms with E-state index in [0.717, 1.165) is 6.42 Å². The van der Waals surface area contributed by atoms with Crippen molar-refractivity contribution >= 4 is 5.82 Å². The number of anilines is 1. The summed E-state index contributed by atoms with van der Waals surface area (Å²) in [6, 6.07) is 0.136. The van der Waals surface area contributed by atoms with E-state index in [9.17, 15) is 0 Å². The second kappa shape index (κ2) is 6.97. The number of methoxy groups -OCH3 is 2. The van der Waals surface area contributed by atoms with Crippen molar-refractivity contribution in [3.63, 3.8) is 0 Å². The highest BCUT2D eigenvalue weighted by Gasteiger charge is 2.08. The van der Waals surface area contributed by atoms with Crippen molar-refractivity contribution in [2.45, 2.75) is 12.5 Å². The number of rotatable bonds is 7. The Labute approximate surface area is 95.2 Å². The van der Waals surface area contributed by atoms with Crippen LogP contribution >= 0.6 is 0 Å². The summed E-state index contributed by atoms with van der Waals surface area (Å²) in [7, 11) is 3.21. The number of aromatic nitrogens is 2. The van der Waals surface area contributed by atoms with E-state index >= 15 is 0 Å². The SMILES string of the molecule is COCC(CCN)Nc1cncc(OC)n1. The highest BCUT2D eigenvalue weighted by molar-refractivity contribution is 5.34. The quantitative estimate of drug-likeness (QED) is 0.694. The largest absolute Gasteiger partial charge is 0.480 e. The number of ether oxygens (including phenoxy) is 2. The van der Waals surface area contributed by atoms with Crippen LogP contribution in [0.3, 0.4) is 0 Å². The zero-order chi connectivity index (χ0) is 11.8. The minimum absolute atomic E-state index is 0.136. The summed E-state index contributed by atoms with van der Waals surface area (Å²) in [6.45, 7) is 1.18. The zero-order valence-electron chi connectivity index (χ0n) is 9.64. The monoisotopic (exact) mass is 226 g/mol. The van der Waals surface area contributed by atoms with Crippen LogP contribution in [0, 0.1) is 0 Å². The van der Waals surface area contributed by atoms with Gasteiger partial charge in [-0.05, 0) is 13.0 Å². The standard InChI is InChI=1S/C10H18N4O2/c1-15-7-8(3-4-11)13-9-5-12-6-10(14-9)16-2/h5-6,8H,3-4,7,11H2,1-2H3,(H,13,14). The average molecular weight is 226 g/mol. The summed E-state index contributed by atoms with van der Waals surface area (Å²) in [5.41, 5.74) is 5.51. The maximum Gasteiger partial charge on any atom is 0.233 e. The summed E-state index contributed by atoms with van der Waals surface area (Å²) in [4.78, 5) is 8.21. The van der Waals surface area contributed by atoms with Gasteiger partial charge in [-0.25, -0.2) is 0 Å². The molecular weight excluding hydrogens is 208 g/mol. The van der Waals surface area contributed by atoms with E-state index in [0.29, 0.717) is 24.8 Å². The molecule has 0 aliphatic rings. The Morgan fingerprint density at radius 3 is 2.88 bits per heavy atom. The van der Waals surface area contributed by atoms with Gasteiger partial charge in [0.25, 0.3) is 0 Å². The topological polar surface area (TPSA) is 82.3 Å². The predicted octanol–water partition coefficient (Wildman–Crippen LogP) is 0.261. The highest BCUT2D eigenvalue weighted by atomic mass is 16.5. The van der Waals surface area contributed by atoms with E-state index in [1.807, 2.05) is 0 Å². The molecule has 0 fully saturated rings. The van der Waals surface area contributed by atoms with Gasteiger partial charge in [0.05, 0.1) is 32.2 Å². The second-order valence-electron chi connectivity index (χ2n) is 3.32. The number of hydrogen-bond donors (Lipinski definition) is 2. The Balaban J connectivity index is 2.60. The fourth-order valence-corrected chi connectivity index (χ4v) is 1.32. The molecule has 3 N–H and O–H groups in total. The van der Waals surface area contributed by atoms with E-state index in [1.165, 1.54) is 0 Å². The molecule has 90 valence electrons. The van der Waals surface area contributed by atoms with E-state index in [1.54, 1.807) is 26.6 Å². The molecule has 6 heteroatoms. The summed E-state index contributed by atoms with van der Waals surface area (Å²) in [6.07, 6.45) is 4.01. The van der Waals surface area contributed by atoms with Crippen molar-refractivity contribution in [3.8, 4) is 5.88 Å². The Morgan fingerprint density at radius 1 is 1.44 bits per heavy atom. The van der Waals surface area contributed by atoms with Crippen LogP contribution in [-0.4, -0.2) is 43.4 Å². The summed E-state index contributed by atoms with van der Waals surface area (Å²) < 4.78 is 10.1. The molecule has 6 nitrogen and oxygen atoms in total. The molecule has 1 atom stereocenters. The van der Waals surface area contributed by atoms with Crippen LogP contribution in [-0.2, 0) is 4.74 Å². The van der Waals surface area contributed by atoms with Gasteiger partial charge in [0, 0.05) is 7.11 Å². The second-order valence-corrected chi connectivity index (χ2v) is 3.32. The lowest BCUT2D eigenvalue weighted by Crippen LogP contribution is -2.28. The number of nitrogens with two attached hydrogens (primary N) is 1. The fraction of sp³-hybridized carbons (Fsp3) is 0.600. The molecule has 0 saturated heterocycles. The Kier molecular flexibility index (Phi) is 5.52. The molecule has 0 amide bonds. The molecule has 0 aliphatic heterocycles. The van der Waals surface area contributed by atoms with Crippen LogP contribution in [0.25, 0.3) is 0 Å². The van der Waals surface area contributed by atoms with Crippen LogP contribution < -0.4 is 15.8 Å². The smallest absolute Gasteiger partial charge is 0.233 e. The van der Waals surface area contributed by atoms with Gasteiger partial charge in [-0.3, -0.25) is 4.98 Å². The number of nitrogens with zero attached hydrogens (tertiary/aromatic N) is 2. The van der Waals surface area contributed by atoms with E-state index in [-0.39, 0.29) is 6.04 Å². The molecule has 0 bridgehead atoms. The van der Waals surface area contributed by atoms with Crippen molar-refractivity contribution < 1.29 is 9.47 Å². The normalized spacial score (nSPS) is 12.2. The first-order chi connectivity index (χ1) is 7.80. The van der Waals surface area contributed by atoms with E-state index < -0.39 is 0 Å². The lowest BCUT2D eigenvalue weighted by molar-refractivity contribution is 0.183. The zero-order valence-corrected chi connectivity index (χ0v) is 9.64. The highest BCUT2D eigenvalue weighted by Crippen LogP contribution is 2.10. The van der Waals surface area contributed by atoms with Crippen LogP contribution in [0.4, 0.5) is 5.82 Å². The summed E-state index contributed by atoms with van der Waals surface area (Å²) >= 11 is 0. The van der Waals surface area contributed by atoms with Crippen molar-refractivity contribution in [3.05, 3.63) is 12.4 Å². The molecule has 16 heavy (non-hydrogen) atoms. The van der Waals surface area contributed by atoms with Gasteiger partial charge < -0.3 is 20.5 Å². The third-order valence-corrected chi connectivity index (χ3v) is 2.06. The van der Waals surface area contributed by atoms with Crippen molar-refractivity contribution in [1.82, 2.24) is 9.97 Å². The van der Waals surface area contributed by atoms with Gasteiger partial charge in [-0.2, -0.15) is 4.98 Å². The van der Waals surface area contributed by atoms with Crippen LogP contribution in [0.5, 0.6) is 5.88 Å². The van der Waals surface area contributed by atoms with Crippen molar-refractivity contribution in [2.24, 2.45) is 5.73 Å². The summed E-state index contributed by atoms with van der Waals surface area (Å²) in [5.74, 6) is 1.14. The molecule has 1 aromatic heterocycles. The third-order valence-electron chi connectivity index (χ3n) is 2.06. The maximum absolute atomic E-state index is 5.51. The van der Waals surface area contributed by atoms with E-state index in [2.05, 4.69) is 15.3 Å². The minimum Gasteiger partial charge on any atom is -0.480 e. The number of nitrogens with one attached hydrogen (secondary N) is 1. The molecule has 0 spiro atoms. The first kappa shape index (κ1) is 12.7. The Hall–Kier alpha value is -1.40. The fourth-order valence-electron chi connectivity index (χ4n) is 1.32. The Morgan fingerprint density at radius 2 is 2.25 bits per heavy atom. The molecule has 1 aromatic rings. The average Bonchev–Trinajstić information content (AvgIpc) is 2.30. The molecular formula is C10H18N4O2. The molecule has 1 heterocycles. The lowest BCUT2D eigenvalue weighted by Gasteiger charge is -2.17. The van der Waals surface area contributed by atoms with Gasteiger partial charge in [0.2, 0.25) is 5.88 Å². The molecule has 0 radical (unpaired) electrons. The van der Waals surface area contributed by atoms with Gasteiger partial charge in [0.15, 0.2) is 0 Å². The predicted molar refractivity (Wildman–Crippen MR) is 61.5 cm³/mol. The number of hydrogen-bond acceptors (Lipinski definition) is 6. The third kappa shape index (κ3) is 4.00. The molecule has 1 rings (SSSR count).